The highest BCUT2D eigenvalue weighted by atomic mass is 19.3. The van der Waals surface area contributed by atoms with Crippen molar-refractivity contribution < 1.29 is 13.5 Å². The molecule has 0 amide bonds. The number of ether oxygens (including phenoxy) is 1. The summed E-state index contributed by atoms with van der Waals surface area (Å²) in [4.78, 5) is 6.36. The first-order valence-electron chi connectivity index (χ1n) is 7.15. The Hall–Kier alpha value is -1.65. The van der Waals surface area contributed by atoms with Crippen LogP contribution in [0.5, 0.6) is 5.75 Å². The lowest BCUT2D eigenvalue weighted by Gasteiger charge is -2.17. The van der Waals surface area contributed by atoms with Gasteiger partial charge in [0.25, 0.3) is 5.92 Å². The molecule has 0 aliphatic rings. The standard InChI is InChI=1S/C16H24F2N2O/c1-6-16(17,18)10-21-15-9-12(3)14(8-13(15)4)19-11-20(5)7-2/h8-9,11H,6-7,10H2,1-5H3. The molecule has 0 atom stereocenters. The Kier molecular flexibility index (Phi) is 6.12. The first kappa shape index (κ1) is 17.4. The fourth-order valence-corrected chi connectivity index (χ4v) is 1.60. The highest BCUT2D eigenvalue weighted by Crippen LogP contribution is 2.29. The van der Waals surface area contributed by atoms with Gasteiger partial charge in [0.1, 0.15) is 5.75 Å². The van der Waals surface area contributed by atoms with Gasteiger partial charge in [-0.3, -0.25) is 0 Å². The number of halogens is 2. The maximum absolute atomic E-state index is 13.2. The lowest BCUT2D eigenvalue weighted by atomic mass is 10.1. The summed E-state index contributed by atoms with van der Waals surface area (Å²) in [7, 11) is 1.94. The normalized spacial score (nSPS) is 12.0. The van der Waals surface area contributed by atoms with Crippen LogP contribution in [0.4, 0.5) is 14.5 Å². The van der Waals surface area contributed by atoms with Crippen LogP contribution in [0.1, 0.15) is 31.4 Å². The van der Waals surface area contributed by atoms with Crippen LogP contribution in [0.15, 0.2) is 17.1 Å². The van der Waals surface area contributed by atoms with Crippen molar-refractivity contribution in [2.45, 2.75) is 40.0 Å². The number of hydrogen-bond donors (Lipinski definition) is 0. The molecule has 0 aromatic heterocycles. The third kappa shape index (κ3) is 5.33. The van der Waals surface area contributed by atoms with Crippen molar-refractivity contribution in [2.75, 3.05) is 20.2 Å². The van der Waals surface area contributed by atoms with E-state index in [-0.39, 0.29) is 6.42 Å². The summed E-state index contributed by atoms with van der Waals surface area (Å²) in [6.07, 6.45) is 1.53. The summed E-state index contributed by atoms with van der Waals surface area (Å²) in [5, 5.41) is 0. The van der Waals surface area contributed by atoms with E-state index < -0.39 is 12.5 Å². The maximum atomic E-state index is 13.2. The molecular weight excluding hydrogens is 274 g/mol. The Morgan fingerprint density at radius 2 is 1.90 bits per heavy atom. The van der Waals surface area contributed by atoms with Gasteiger partial charge in [0.15, 0.2) is 6.61 Å². The van der Waals surface area contributed by atoms with Gasteiger partial charge in [0, 0.05) is 20.0 Å². The van der Waals surface area contributed by atoms with E-state index in [9.17, 15) is 8.78 Å². The van der Waals surface area contributed by atoms with Crippen LogP contribution in [0, 0.1) is 13.8 Å². The molecule has 0 N–H and O–H groups in total. The third-order valence-electron chi connectivity index (χ3n) is 3.34. The Morgan fingerprint density at radius 1 is 1.24 bits per heavy atom. The SMILES string of the molecule is CCN(C)C=Nc1cc(C)c(OCC(F)(F)CC)cc1C. The van der Waals surface area contributed by atoms with E-state index >= 15 is 0 Å². The first-order valence-corrected chi connectivity index (χ1v) is 7.15. The molecule has 0 radical (unpaired) electrons. The summed E-state index contributed by atoms with van der Waals surface area (Å²) in [5.41, 5.74) is 2.53. The zero-order valence-corrected chi connectivity index (χ0v) is 13.4. The van der Waals surface area contributed by atoms with Crippen LogP contribution in [0.2, 0.25) is 0 Å². The topological polar surface area (TPSA) is 24.8 Å². The van der Waals surface area contributed by atoms with E-state index in [4.69, 9.17) is 4.74 Å². The predicted octanol–water partition coefficient (Wildman–Crippen LogP) is 4.34. The number of alkyl halides is 2. The van der Waals surface area contributed by atoms with Crippen molar-refractivity contribution >= 4 is 12.0 Å². The van der Waals surface area contributed by atoms with Crippen LogP contribution in [0.3, 0.4) is 0 Å². The summed E-state index contributed by atoms with van der Waals surface area (Å²) in [5.74, 6) is -2.30. The van der Waals surface area contributed by atoms with Crippen molar-refractivity contribution in [1.82, 2.24) is 4.90 Å². The molecule has 118 valence electrons. The van der Waals surface area contributed by atoms with Crippen LogP contribution in [-0.4, -0.2) is 37.4 Å². The predicted molar refractivity (Wildman–Crippen MR) is 83.1 cm³/mol. The second-order valence-corrected chi connectivity index (χ2v) is 5.22. The summed E-state index contributed by atoms with van der Waals surface area (Å²) >= 11 is 0. The van der Waals surface area contributed by atoms with Crippen molar-refractivity contribution in [3.05, 3.63) is 23.3 Å². The number of rotatable bonds is 7. The van der Waals surface area contributed by atoms with Gasteiger partial charge in [-0.2, -0.15) is 0 Å². The van der Waals surface area contributed by atoms with Crippen LogP contribution in [0.25, 0.3) is 0 Å². The number of nitrogens with zero attached hydrogens (tertiary/aromatic N) is 2. The minimum absolute atomic E-state index is 0.225. The number of aliphatic imine (C=N–C) groups is 1. The average Bonchev–Trinajstić information content (AvgIpc) is 2.45. The van der Waals surface area contributed by atoms with Crippen LogP contribution >= 0.6 is 0 Å². The fraction of sp³-hybridized carbons (Fsp3) is 0.562. The molecule has 5 heteroatoms. The molecule has 3 nitrogen and oxygen atoms in total. The van der Waals surface area contributed by atoms with Gasteiger partial charge in [0.05, 0.1) is 12.0 Å². The second kappa shape index (κ2) is 7.38. The minimum Gasteiger partial charge on any atom is -0.487 e. The zero-order valence-electron chi connectivity index (χ0n) is 13.4. The molecule has 0 spiro atoms. The van der Waals surface area contributed by atoms with Crippen LogP contribution < -0.4 is 4.74 Å². The smallest absolute Gasteiger partial charge is 0.281 e. The molecule has 1 aromatic carbocycles. The fourth-order valence-electron chi connectivity index (χ4n) is 1.60. The molecule has 0 fully saturated rings. The molecule has 0 aliphatic heterocycles. The van der Waals surface area contributed by atoms with E-state index in [2.05, 4.69) is 4.99 Å². The lowest BCUT2D eigenvalue weighted by molar-refractivity contribution is -0.0437. The van der Waals surface area contributed by atoms with E-state index in [1.54, 1.807) is 12.4 Å². The molecule has 0 bridgehead atoms. The third-order valence-corrected chi connectivity index (χ3v) is 3.34. The van der Waals surface area contributed by atoms with Crippen molar-refractivity contribution in [3.63, 3.8) is 0 Å². The zero-order chi connectivity index (χ0) is 16.0. The molecule has 1 aromatic rings. The van der Waals surface area contributed by atoms with E-state index in [0.29, 0.717) is 5.75 Å². The highest BCUT2D eigenvalue weighted by Gasteiger charge is 2.27. The van der Waals surface area contributed by atoms with Gasteiger partial charge >= 0.3 is 0 Å². The minimum atomic E-state index is -2.79. The first-order chi connectivity index (χ1) is 9.79. The summed E-state index contributed by atoms with van der Waals surface area (Å²) < 4.78 is 31.8. The molecular formula is C16H24F2N2O. The Balaban J connectivity index is 2.87. The monoisotopic (exact) mass is 298 g/mol. The molecule has 0 aliphatic carbocycles. The molecule has 0 unspecified atom stereocenters. The maximum Gasteiger partial charge on any atom is 0.281 e. The van der Waals surface area contributed by atoms with Gasteiger partial charge in [-0.1, -0.05) is 6.92 Å². The average molecular weight is 298 g/mol. The molecule has 0 saturated carbocycles. The Labute approximate surface area is 125 Å². The van der Waals surface area contributed by atoms with Gasteiger partial charge in [0.2, 0.25) is 0 Å². The van der Waals surface area contributed by atoms with Gasteiger partial charge in [-0.25, -0.2) is 13.8 Å². The molecule has 0 heterocycles. The van der Waals surface area contributed by atoms with Crippen LogP contribution in [-0.2, 0) is 0 Å². The molecule has 21 heavy (non-hydrogen) atoms. The van der Waals surface area contributed by atoms with Crippen molar-refractivity contribution in [1.29, 1.82) is 0 Å². The number of aryl methyl sites for hydroxylation is 2. The highest BCUT2D eigenvalue weighted by molar-refractivity contribution is 5.64. The number of hydrogen-bond acceptors (Lipinski definition) is 2. The Bertz CT molecular complexity index is 501. The van der Waals surface area contributed by atoms with Gasteiger partial charge in [-0.05, 0) is 44.0 Å². The summed E-state index contributed by atoms with van der Waals surface area (Å²) in [6, 6.07) is 3.62. The quantitative estimate of drug-likeness (QED) is 0.552. The largest absolute Gasteiger partial charge is 0.487 e. The molecule has 1 rings (SSSR count). The number of benzene rings is 1. The van der Waals surface area contributed by atoms with E-state index in [1.165, 1.54) is 6.92 Å². The van der Waals surface area contributed by atoms with Gasteiger partial charge in [-0.15, -0.1) is 0 Å². The Morgan fingerprint density at radius 3 is 2.48 bits per heavy atom. The second-order valence-electron chi connectivity index (χ2n) is 5.22. The van der Waals surface area contributed by atoms with E-state index in [0.717, 1.165) is 23.4 Å². The summed E-state index contributed by atoms with van der Waals surface area (Å²) in [6.45, 7) is 7.49. The van der Waals surface area contributed by atoms with Crippen molar-refractivity contribution in [3.8, 4) is 5.75 Å². The van der Waals surface area contributed by atoms with Gasteiger partial charge < -0.3 is 9.64 Å². The molecule has 0 saturated heterocycles. The van der Waals surface area contributed by atoms with Crippen molar-refractivity contribution in [2.24, 2.45) is 4.99 Å². The lowest BCUT2D eigenvalue weighted by Crippen LogP contribution is -2.24. The van der Waals surface area contributed by atoms with E-state index in [1.807, 2.05) is 38.8 Å².